The zero-order chi connectivity index (χ0) is 23.4. The van der Waals surface area contributed by atoms with Gasteiger partial charge < -0.3 is 20.1 Å². The van der Waals surface area contributed by atoms with Crippen molar-refractivity contribution in [1.82, 2.24) is 20.3 Å². The molecule has 2 amide bonds. The molecule has 1 aliphatic carbocycles. The number of halogens is 1. The number of benzene rings is 1. The average Bonchev–Trinajstić information content (AvgIpc) is 2.74. The van der Waals surface area contributed by atoms with Crippen molar-refractivity contribution < 1.29 is 18.7 Å². The normalized spacial score (nSPS) is 15.0. The van der Waals surface area contributed by atoms with E-state index in [2.05, 4.69) is 44.7 Å². The highest BCUT2D eigenvalue weighted by Gasteiger charge is 2.36. The number of nitrogens with one attached hydrogen (secondary N) is 3. The lowest BCUT2D eigenvalue weighted by Crippen LogP contribution is -2.49. The molecule has 1 aromatic carbocycles. The number of hydrogen-bond acceptors (Lipinski definition) is 7. The molecule has 0 unspecified atom stereocenters. The van der Waals surface area contributed by atoms with Crippen LogP contribution < -0.4 is 20.7 Å². The second kappa shape index (κ2) is 9.53. The van der Waals surface area contributed by atoms with Crippen LogP contribution >= 0.6 is 0 Å². The smallest absolute Gasteiger partial charge is 0.320 e. The van der Waals surface area contributed by atoms with Gasteiger partial charge in [0.2, 0.25) is 0 Å². The van der Waals surface area contributed by atoms with Crippen LogP contribution in [0.1, 0.15) is 26.7 Å². The Morgan fingerprint density at radius 1 is 1.18 bits per heavy atom. The largest absolute Gasteiger partial charge is 0.491 e. The quantitative estimate of drug-likeness (QED) is 0.437. The monoisotopic (exact) mass is 454 g/mol. The SMILES string of the molecule is COCCOc1cc(F)c2c(Nc3ccc(NC(=O)NC4CC(C)(C)C4)nc3)ncnc2c1. The van der Waals surface area contributed by atoms with E-state index in [4.69, 9.17) is 9.47 Å². The number of aromatic nitrogens is 3. The average molecular weight is 455 g/mol. The molecular formula is C23H27FN6O3. The molecule has 0 spiro atoms. The minimum atomic E-state index is -0.509. The van der Waals surface area contributed by atoms with Crippen LogP contribution in [-0.2, 0) is 4.74 Å². The Morgan fingerprint density at radius 2 is 2.00 bits per heavy atom. The van der Waals surface area contributed by atoms with E-state index in [0.29, 0.717) is 41.8 Å². The summed E-state index contributed by atoms with van der Waals surface area (Å²) in [6, 6.07) is 6.23. The molecule has 2 aromatic heterocycles. The number of anilines is 3. The minimum absolute atomic E-state index is 0.188. The van der Waals surface area contributed by atoms with Crippen molar-refractivity contribution in [2.45, 2.75) is 32.7 Å². The van der Waals surface area contributed by atoms with E-state index in [-0.39, 0.29) is 22.9 Å². The minimum Gasteiger partial charge on any atom is -0.491 e. The van der Waals surface area contributed by atoms with Gasteiger partial charge in [0.15, 0.2) is 0 Å². The number of fused-ring (bicyclic) bond motifs is 1. The maximum Gasteiger partial charge on any atom is 0.320 e. The fourth-order valence-corrected chi connectivity index (χ4v) is 3.93. The second-order valence-electron chi connectivity index (χ2n) is 8.79. The number of carbonyl (C=O) groups excluding carboxylic acids is 1. The van der Waals surface area contributed by atoms with Gasteiger partial charge in [0, 0.05) is 25.3 Å². The molecule has 0 bridgehead atoms. The first-order chi connectivity index (χ1) is 15.8. The van der Waals surface area contributed by atoms with Gasteiger partial charge in [0.25, 0.3) is 0 Å². The van der Waals surface area contributed by atoms with Gasteiger partial charge in [-0.3, -0.25) is 5.32 Å². The maximum atomic E-state index is 14.8. The molecule has 174 valence electrons. The third-order valence-corrected chi connectivity index (χ3v) is 5.42. The fourth-order valence-electron chi connectivity index (χ4n) is 3.93. The highest BCUT2D eigenvalue weighted by atomic mass is 19.1. The first-order valence-corrected chi connectivity index (χ1v) is 10.7. The third-order valence-electron chi connectivity index (χ3n) is 5.42. The summed E-state index contributed by atoms with van der Waals surface area (Å²) in [5, 5.41) is 8.96. The molecule has 3 N–H and O–H groups in total. The van der Waals surface area contributed by atoms with Gasteiger partial charge in [-0.1, -0.05) is 13.8 Å². The Kier molecular flexibility index (Phi) is 6.55. The van der Waals surface area contributed by atoms with Crippen molar-refractivity contribution in [1.29, 1.82) is 0 Å². The molecule has 4 rings (SSSR count). The summed E-state index contributed by atoms with van der Waals surface area (Å²) in [5.41, 5.74) is 1.27. The number of ether oxygens (including phenoxy) is 2. The number of amides is 2. The standard InChI is InChI=1S/C23H27FN6O3/c1-23(2)10-15(11-23)29-22(31)30-19-5-4-14(12-25-19)28-21-20-17(24)8-16(33-7-6-32-3)9-18(20)26-13-27-21/h4-5,8-9,12-13,15H,6-7,10-11H2,1-3H3,(H,26,27,28)(H2,25,29,30,31). The topological polar surface area (TPSA) is 110 Å². The van der Waals surface area contributed by atoms with E-state index in [1.54, 1.807) is 25.3 Å². The predicted molar refractivity (Wildman–Crippen MR) is 123 cm³/mol. The van der Waals surface area contributed by atoms with Crippen LogP contribution in [0.4, 0.5) is 26.5 Å². The number of nitrogens with zero attached hydrogens (tertiary/aromatic N) is 3. The molecule has 10 heteroatoms. The number of methoxy groups -OCH3 is 1. The van der Waals surface area contributed by atoms with E-state index in [1.165, 1.54) is 18.6 Å². The summed E-state index contributed by atoms with van der Waals surface area (Å²) in [6.07, 6.45) is 4.80. The van der Waals surface area contributed by atoms with Crippen LogP contribution in [-0.4, -0.2) is 47.3 Å². The van der Waals surface area contributed by atoms with E-state index in [9.17, 15) is 9.18 Å². The summed E-state index contributed by atoms with van der Waals surface area (Å²) in [7, 11) is 1.57. The van der Waals surface area contributed by atoms with Gasteiger partial charge in [0.1, 0.15) is 36.1 Å². The van der Waals surface area contributed by atoms with E-state index >= 15 is 0 Å². The Bertz CT molecular complexity index is 1130. The molecule has 9 nitrogen and oxygen atoms in total. The van der Waals surface area contributed by atoms with Crippen LogP contribution in [0.5, 0.6) is 5.75 Å². The molecule has 3 aromatic rings. The van der Waals surface area contributed by atoms with Gasteiger partial charge in [-0.15, -0.1) is 0 Å². The Hall–Kier alpha value is -3.53. The zero-order valence-electron chi connectivity index (χ0n) is 18.8. The summed E-state index contributed by atoms with van der Waals surface area (Å²) in [5.74, 6) is 0.564. The maximum absolute atomic E-state index is 14.8. The Morgan fingerprint density at radius 3 is 2.70 bits per heavy atom. The van der Waals surface area contributed by atoms with E-state index in [0.717, 1.165) is 12.8 Å². The zero-order valence-corrected chi connectivity index (χ0v) is 18.8. The van der Waals surface area contributed by atoms with Gasteiger partial charge in [-0.2, -0.15) is 0 Å². The molecular weight excluding hydrogens is 427 g/mol. The molecule has 0 aliphatic heterocycles. The summed E-state index contributed by atoms with van der Waals surface area (Å²) in [4.78, 5) is 24.7. The van der Waals surface area contributed by atoms with Crippen LogP contribution in [0, 0.1) is 11.2 Å². The second-order valence-corrected chi connectivity index (χ2v) is 8.79. The highest BCUT2D eigenvalue weighted by Crippen LogP contribution is 2.39. The molecule has 0 saturated heterocycles. The molecule has 33 heavy (non-hydrogen) atoms. The summed E-state index contributed by atoms with van der Waals surface area (Å²) < 4.78 is 25.2. The number of urea groups is 1. The number of hydrogen-bond donors (Lipinski definition) is 3. The molecule has 1 aliphatic rings. The number of carbonyl (C=O) groups is 1. The summed E-state index contributed by atoms with van der Waals surface area (Å²) in [6.45, 7) is 5.06. The molecule has 0 radical (unpaired) electrons. The number of rotatable bonds is 8. The first-order valence-electron chi connectivity index (χ1n) is 10.7. The van der Waals surface area contributed by atoms with E-state index < -0.39 is 5.82 Å². The Balaban J connectivity index is 1.41. The summed E-state index contributed by atoms with van der Waals surface area (Å²) >= 11 is 0. The van der Waals surface area contributed by atoms with Crippen molar-refractivity contribution in [3.8, 4) is 5.75 Å². The molecule has 1 saturated carbocycles. The molecule has 0 atom stereocenters. The van der Waals surface area contributed by atoms with Gasteiger partial charge >= 0.3 is 6.03 Å². The lowest BCUT2D eigenvalue weighted by Gasteiger charge is -2.42. The van der Waals surface area contributed by atoms with Crippen molar-refractivity contribution in [2.24, 2.45) is 5.41 Å². The van der Waals surface area contributed by atoms with E-state index in [1.807, 2.05) is 0 Å². The lowest BCUT2D eigenvalue weighted by molar-refractivity contribution is 0.132. The Labute approximate surface area is 191 Å². The molecule has 2 heterocycles. The van der Waals surface area contributed by atoms with Crippen molar-refractivity contribution in [2.75, 3.05) is 31.0 Å². The molecule has 1 fully saturated rings. The fraction of sp³-hybridized carbons (Fsp3) is 0.391. The van der Waals surface area contributed by atoms with Crippen LogP contribution in [0.15, 0.2) is 36.8 Å². The van der Waals surface area contributed by atoms with Gasteiger partial charge in [-0.25, -0.2) is 24.1 Å². The van der Waals surface area contributed by atoms with Crippen molar-refractivity contribution in [3.63, 3.8) is 0 Å². The van der Waals surface area contributed by atoms with Gasteiger partial charge in [-0.05, 0) is 30.4 Å². The highest BCUT2D eigenvalue weighted by molar-refractivity contribution is 5.92. The predicted octanol–water partition coefficient (Wildman–Crippen LogP) is 4.24. The lowest BCUT2D eigenvalue weighted by atomic mass is 9.68. The van der Waals surface area contributed by atoms with Crippen LogP contribution in [0.2, 0.25) is 0 Å². The van der Waals surface area contributed by atoms with Crippen molar-refractivity contribution in [3.05, 3.63) is 42.6 Å². The van der Waals surface area contributed by atoms with Crippen molar-refractivity contribution >= 4 is 34.3 Å². The van der Waals surface area contributed by atoms with Crippen LogP contribution in [0.25, 0.3) is 10.9 Å². The first kappa shape index (κ1) is 22.7. The third kappa shape index (κ3) is 5.64. The van der Waals surface area contributed by atoms with Gasteiger partial charge in [0.05, 0.1) is 29.4 Å². The van der Waals surface area contributed by atoms with Crippen LogP contribution in [0.3, 0.4) is 0 Å². The number of pyridine rings is 1.